The average molecular weight is 280 g/mol. The van der Waals surface area contributed by atoms with Crippen molar-refractivity contribution in [2.45, 2.75) is 12.8 Å². The van der Waals surface area contributed by atoms with Gasteiger partial charge in [-0.25, -0.2) is 9.99 Å². The van der Waals surface area contributed by atoms with E-state index >= 15 is 0 Å². The van der Waals surface area contributed by atoms with Gasteiger partial charge in [0.2, 0.25) is 5.91 Å². The monoisotopic (exact) mass is 280 g/mol. The van der Waals surface area contributed by atoms with Gasteiger partial charge in [-0.1, -0.05) is 0 Å². The molecule has 6 nitrogen and oxygen atoms in total. The van der Waals surface area contributed by atoms with E-state index in [-0.39, 0.29) is 11.8 Å². The Hall–Kier alpha value is -1.47. The highest BCUT2D eigenvalue weighted by atomic mass is 32.1. The van der Waals surface area contributed by atoms with Crippen molar-refractivity contribution < 1.29 is 9.59 Å². The molecule has 0 radical (unpaired) electrons. The quantitative estimate of drug-likeness (QED) is 0.789. The smallest absolute Gasteiger partial charge is 0.282 e. The first kappa shape index (κ1) is 12.6. The minimum atomic E-state index is 0.00222. The van der Waals surface area contributed by atoms with Crippen LogP contribution in [0.4, 0.5) is 0 Å². The van der Waals surface area contributed by atoms with Crippen molar-refractivity contribution in [3.8, 4) is 0 Å². The molecule has 2 amide bonds. The van der Waals surface area contributed by atoms with Gasteiger partial charge in [0, 0.05) is 50.7 Å². The number of hydrogen-bond acceptors (Lipinski definition) is 5. The number of hydrogen-bond donors (Lipinski definition) is 0. The predicted molar refractivity (Wildman–Crippen MR) is 70.5 cm³/mol. The van der Waals surface area contributed by atoms with Crippen molar-refractivity contribution in [2.75, 3.05) is 32.7 Å². The van der Waals surface area contributed by atoms with E-state index in [0.29, 0.717) is 24.5 Å². The molecule has 0 atom stereocenters. The summed E-state index contributed by atoms with van der Waals surface area (Å²) in [6.07, 6.45) is 3.24. The summed E-state index contributed by atoms with van der Waals surface area (Å²) in [5, 5.41) is 6.27. The molecule has 19 heavy (non-hydrogen) atoms. The van der Waals surface area contributed by atoms with E-state index in [0.717, 1.165) is 26.1 Å². The molecule has 0 saturated carbocycles. The van der Waals surface area contributed by atoms with Gasteiger partial charge in [0.25, 0.3) is 5.91 Å². The van der Waals surface area contributed by atoms with Crippen LogP contribution in [-0.4, -0.2) is 64.4 Å². The van der Waals surface area contributed by atoms with Crippen LogP contribution in [0, 0.1) is 0 Å². The SMILES string of the molecule is O=C(c1nccs1)N1CCN(N2CCCC2=O)CC1. The van der Waals surface area contributed by atoms with Gasteiger partial charge in [-0.05, 0) is 6.42 Å². The third-order valence-electron chi connectivity index (χ3n) is 3.55. The average Bonchev–Trinajstić information content (AvgIpc) is 3.09. The summed E-state index contributed by atoms with van der Waals surface area (Å²) in [5.74, 6) is 0.210. The Morgan fingerprint density at radius 3 is 2.58 bits per heavy atom. The molecule has 0 aromatic carbocycles. The topological polar surface area (TPSA) is 56.8 Å². The first-order valence-electron chi connectivity index (χ1n) is 6.50. The number of amides is 2. The molecule has 2 saturated heterocycles. The van der Waals surface area contributed by atoms with Crippen LogP contribution in [0.2, 0.25) is 0 Å². The lowest BCUT2D eigenvalue weighted by molar-refractivity contribution is -0.145. The van der Waals surface area contributed by atoms with Gasteiger partial charge in [0.05, 0.1) is 0 Å². The maximum atomic E-state index is 12.1. The summed E-state index contributed by atoms with van der Waals surface area (Å²) >= 11 is 1.37. The molecular formula is C12H16N4O2S. The molecule has 0 N–H and O–H groups in total. The van der Waals surface area contributed by atoms with E-state index in [9.17, 15) is 9.59 Å². The summed E-state index contributed by atoms with van der Waals surface area (Å²) in [6.45, 7) is 3.58. The first-order valence-corrected chi connectivity index (χ1v) is 7.37. The van der Waals surface area contributed by atoms with Crippen LogP contribution < -0.4 is 0 Å². The number of carbonyl (C=O) groups is 2. The third kappa shape index (κ3) is 2.48. The summed E-state index contributed by atoms with van der Waals surface area (Å²) in [4.78, 5) is 29.7. The fraction of sp³-hybridized carbons (Fsp3) is 0.583. The molecule has 2 aliphatic heterocycles. The molecule has 2 aliphatic rings. The standard InChI is InChI=1S/C12H16N4O2S/c17-10-2-1-4-16(10)15-7-5-14(6-8-15)12(18)11-13-3-9-19-11/h3,9H,1-2,4-8H2. The molecule has 3 heterocycles. The van der Waals surface area contributed by atoms with Gasteiger partial charge < -0.3 is 4.90 Å². The summed E-state index contributed by atoms with van der Waals surface area (Å²) in [6, 6.07) is 0. The van der Waals surface area contributed by atoms with Crippen molar-refractivity contribution in [3.05, 3.63) is 16.6 Å². The number of rotatable bonds is 2. The number of aromatic nitrogens is 1. The summed E-state index contributed by atoms with van der Waals surface area (Å²) < 4.78 is 0. The van der Waals surface area contributed by atoms with Gasteiger partial charge in [0.1, 0.15) is 0 Å². The van der Waals surface area contributed by atoms with Crippen molar-refractivity contribution in [1.29, 1.82) is 0 Å². The minimum absolute atomic E-state index is 0.00222. The summed E-state index contributed by atoms with van der Waals surface area (Å²) in [5.41, 5.74) is 0. The van der Waals surface area contributed by atoms with E-state index in [4.69, 9.17) is 0 Å². The lowest BCUT2D eigenvalue weighted by Crippen LogP contribution is -2.55. The Kier molecular flexibility index (Phi) is 3.48. The van der Waals surface area contributed by atoms with Crippen LogP contribution in [0.5, 0.6) is 0 Å². The Bertz CT molecular complexity index is 468. The van der Waals surface area contributed by atoms with Crippen LogP contribution in [0.1, 0.15) is 22.6 Å². The molecule has 7 heteroatoms. The molecule has 0 spiro atoms. The Labute approximate surface area is 115 Å². The number of nitrogens with zero attached hydrogens (tertiary/aromatic N) is 4. The van der Waals surface area contributed by atoms with Crippen LogP contribution in [-0.2, 0) is 4.79 Å². The van der Waals surface area contributed by atoms with Gasteiger partial charge in [-0.15, -0.1) is 11.3 Å². The predicted octanol–water partition coefficient (Wildman–Crippen LogP) is 0.438. The molecule has 0 bridgehead atoms. The molecule has 0 aliphatic carbocycles. The molecule has 3 rings (SSSR count). The second-order valence-electron chi connectivity index (χ2n) is 4.70. The van der Waals surface area contributed by atoms with E-state index in [2.05, 4.69) is 9.99 Å². The van der Waals surface area contributed by atoms with Gasteiger partial charge in [-0.2, -0.15) is 0 Å². The number of hydrazine groups is 1. The van der Waals surface area contributed by atoms with E-state index in [1.807, 2.05) is 15.3 Å². The van der Waals surface area contributed by atoms with Crippen molar-refractivity contribution in [1.82, 2.24) is 19.9 Å². The zero-order valence-corrected chi connectivity index (χ0v) is 11.4. The molecular weight excluding hydrogens is 264 g/mol. The number of thiazole rings is 1. The lowest BCUT2D eigenvalue weighted by Gasteiger charge is -2.39. The molecule has 1 aromatic rings. The second kappa shape index (κ2) is 5.26. The second-order valence-corrected chi connectivity index (χ2v) is 5.60. The molecule has 0 unspecified atom stereocenters. The number of carbonyl (C=O) groups excluding carboxylic acids is 2. The van der Waals surface area contributed by atoms with Crippen LogP contribution in [0.25, 0.3) is 0 Å². The van der Waals surface area contributed by atoms with Crippen molar-refractivity contribution in [3.63, 3.8) is 0 Å². The largest absolute Gasteiger partial charge is 0.334 e. The fourth-order valence-corrected chi connectivity index (χ4v) is 3.14. The van der Waals surface area contributed by atoms with Gasteiger partial charge >= 0.3 is 0 Å². The van der Waals surface area contributed by atoms with Crippen LogP contribution >= 0.6 is 11.3 Å². The van der Waals surface area contributed by atoms with Gasteiger partial charge in [0.15, 0.2) is 5.01 Å². The maximum absolute atomic E-state index is 12.1. The first-order chi connectivity index (χ1) is 9.25. The maximum Gasteiger partial charge on any atom is 0.282 e. The highest BCUT2D eigenvalue weighted by molar-refractivity contribution is 7.11. The van der Waals surface area contributed by atoms with E-state index in [1.54, 1.807) is 6.20 Å². The minimum Gasteiger partial charge on any atom is -0.334 e. The van der Waals surface area contributed by atoms with Crippen molar-refractivity contribution >= 4 is 23.2 Å². The Morgan fingerprint density at radius 1 is 1.21 bits per heavy atom. The zero-order chi connectivity index (χ0) is 13.2. The number of piperazine rings is 1. The highest BCUT2D eigenvalue weighted by Crippen LogP contribution is 2.16. The third-order valence-corrected chi connectivity index (χ3v) is 4.31. The summed E-state index contributed by atoms with van der Waals surface area (Å²) in [7, 11) is 0. The van der Waals surface area contributed by atoms with Crippen LogP contribution in [0.15, 0.2) is 11.6 Å². The van der Waals surface area contributed by atoms with E-state index in [1.165, 1.54) is 11.3 Å². The highest BCUT2D eigenvalue weighted by Gasteiger charge is 2.30. The van der Waals surface area contributed by atoms with Crippen LogP contribution in [0.3, 0.4) is 0 Å². The normalized spacial score (nSPS) is 21.2. The lowest BCUT2D eigenvalue weighted by atomic mass is 10.3. The van der Waals surface area contributed by atoms with Crippen molar-refractivity contribution in [2.24, 2.45) is 0 Å². The van der Waals surface area contributed by atoms with E-state index < -0.39 is 0 Å². The zero-order valence-electron chi connectivity index (χ0n) is 10.6. The Morgan fingerprint density at radius 2 is 2.00 bits per heavy atom. The molecule has 2 fully saturated rings. The fourth-order valence-electron chi connectivity index (χ4n) is 2.54. The molecule has 1 aromatic heterocycles. The van der Waals surface area contributed by atoms with Gasteiger partial charge in [-0.3, -0.25) is 14.6 Å². The molecule has 102 valence electrons. The Balaban J connectivity index is 1.57.